The number of rotatable bonds is 3. The predicted octanol–water partition coefficient (Wildman–Crippen LogP) is 8.44. The third kappa shape index (κ3) is 33.8. The monoisotopic (exact) mass is 1320 g/mol. The molecular formula is C53H78N13O6S2Y3-3. The van der Waals surface area contributed by atoms with E-state index in [0.29, 0.717) is 39.6 Å². The summed E-state index contributed by atoms with van der Waals surface area (Å²) in [4.78, 5) is 12.1. The van der Waals surface area contributed by atoms with Crippen molar-refractivity contribution in [3.63, 3.8) is 0 Å². The molecule has 24 heteroatoms. The van der Waals surface area contributed by atoms with Crippen molar-refractivity contribution in [3.8, 4) is 12.3 Å². The molecule has 3 radical (unpaired) electrons. The molecule has 8 rings (SSSR count). The number of terminal acetylenes is 1. The van der Waals surface area contributed by atoms with Crippen molar-refractivity contribution in [2.75, 3.05) is 23.0 Å². The zero-order chi connectivity index (χ0) is 57.8. The summed E-state index contributed by atoms with van der Waals surface area (Å²) < 4.78 is 64.1. The molecule has 0 saturated carbocycles. The molecule has 0 amide bonds. The number of nitrogens with zero attached hydrogens (tertiary/aromatic N) is 8. The maximum Gasteiger partial charge on any atom is 0.313 e. The van der Waals surface area contributed by atoms with Gasteiger partial charge >= 0.3 is 10.1 Å². The first kappa shape index (κ1) is 84.1. The van der Waals surface area contributed by atoms with Crippen molar-refractivity contribution < 1.29 is 128 Å². The number of hydrogen-bond acceptors (Lipinski definition) is 16. The first-order chi connectivity index (χ1) is 34.9. The third-order valence-electron chi connectivity index (χ3n) is 8.08. The Kier molecular flexibility index (Phi) is 51.0. The molecule has 415 valence electrons. The van der Waals surface area contributed by atoms with Gasteiger partial charge in [-0.15, -0.1) is 30.5 Å². The summed E-state index contributed by atoms with van der Waals surface area (Å²) in [5.41, 5.74) is 22.8. The number of hydrogen-bond donors (Lipinski definition) is 5. The smallest absolute Gasteiger partial charge is 0.313 e. The second-order valence-corrected chi connectivity index (χ2v) is 16.7. The van der Waals surface area contributed by atoms with Crippen LogP contribution in [0.25, 0.3) is 11.3 Å². The Morgan fingerprint density at radius 3 is 1.40 bits per heavy atom. The summed E-state index contributed by atoms with van der Waals surface area (Å²) in [7, 11) is -8.13. The van der Waals surface area contributed by atoms with E-state index >= 15 is 0 Å². The number of anilines is 3. The Balaban J connectivity index is -0.000000190. The van der Waals surface area contributed by atoms with E-state index in [1.165, 1.54) is 4.68 Å². The topological polar surface area (TPSA) is 308 Å². The maximum absolute atomic E-state index is 11.4. The average molecular weight is 1320 g/mol. The number of aryl methyl sites for hydroxylation is 8. The van der Waals surface area contributed by atoms with Crippen molar-refractivity contribution in [3.05, 3.63) is 161 Å². The van der Waals surface area contributed by atoms with Crippen LogP contribution in [0.4, 0.5) is 17.3 Å². The molecular weight excluding hydrogens is 1250 g/mol. The Hall–Kier alpha value is -4.17. The van der Waals surface area contributed by atoms with Gasteiger partial charge in [0.1, 0.15) is 26.7 Å². The molecule has 0 fully saturated rings. The van der Waals surface area contributed by atoms with Crippen LogP contribution in [0.2, 0.25) is 0 Å². The molecule has 0 spiro atoms. The first-order valence-corrected chi connectivity index (χ1v) is 26.1. The van der Waals surface area contributed by atoms with Gasteiger partial charge in [0.25, 0.3) is 0 Å². The number of nitrogens with two attached hydrogens (primary N) is 5. The van der Waals surface area contributed by atoms with Crippen molar-refractivity contribution in [1.82, 2.24) is 34.2 Å². The van der Waals surface area contributed by atoms with E-state index < -0.39 is 20.2 Å². The van der Waals surface area contributed by atoms with E-state index in [1.807, 2.05) is 89.3 Å². The number of pyridine rings is 4. The molecule has 0 atom stereocenters. The molecule has 10 N–H and O–H groups in total. The largest absolute Gasteiger partial charge is 0.744 e. The van der Waals surface area contributed by atoms with E-state index in [2.05, 4.69) is 60.0 Å². The minimum Gasteiger partial charge on any atom is -0.744 e. The van der Waals surface area contributed by atoms with Crippen molar-refractivity contribution >= 4 is 48.9 Å². The van der Waals surface area contributed by atoms with Crippen LogP contribution in [0.3, 0.4) is 0 Å². The fourth-order valence-corrected chi connectivity index (χ4v) is 7.73. The number of fused-ring (bicyclic) bond motifs is 2. The summed E-state index contributed by atoms with van der Waals surface area (Å²) in [6.07, 6.45) is 11.5. The van der Waals surface area contributed by atoms with Gasteiger partial charge in [0.05, 0.1) is 4.90 Å². The van der Waals surface area contributed by atoms with Gasteiger partial charge in [-0.05, 0) is 90.6 Å². The quantitative estimate of drug-likeness (QED) is 0.0277. The molecule has 6 aromatic heterocycles. The molecule has 8 aromatic rings. The molecule has 6 heterocycles. The Labute approximate surface area is 535 Å². The summed E-state index contributed by atoms with van der Waals surface area (Å²) in [6, 6.07) is 29.2. The van der Waals surface area contributed by atoms with Gasteiger partial charge in [0, 0.05) is 134 Å². The van der Waals surface area contributed by atoms with Crippen LogP contribution in [-0.4, -0.2) is 55.6 Å². The van der Waals surface area contributed by atoms with Gasteiger partial charge in [-0.2, -0.15) is 59.1 Å². The second kappa shape index (κ2) is 46.7. The molecule has 0 aliphatic rings. The molecule has 0 unspecified atom stereocenters. The minimum absolute atomic E-state index is 0. The molecule has 2 aromatic carbocycles. The van der Waals surface area contributed by atoms with E-state index in [-0.39, 0.29) is 108 Å². The standard InChI is InChI=1S/C9H13NO3S.C9H12O3S.C7H8N4.C7H6N3.C5H6N3.C5H5N2.C3H4.4C2H6.3Y/c1-6-4-7(2)9(8(3)5-6)14(11,12)13-10;1-6-4-7(2)9(8(3)5-6)13(10,11)12;1-5-9-7-4-6(8)2-3-11(7)10-5;1-6-8-7-4-2-3-5-10(7)9-6;6-5-3-1-2-4-8(5)7;6-5-3-1-2-4-7-5;1-3-2;4*1-2;;;/h4-5H,10H2,1-3H3;4-5H,1-3H3,(H,10,11,12);2-4H,8H2,1H3;3-5H,1H3;2-4,6H,7H2;2-4H,(H2,6,7);1H,2H3;4*1-2H3;;;/q;;;3*-1;;;;;;;;. The summed E-state index contributed by atoms with van der Waals surface area (Å²) in [5, 5.41) is 8.20. The van der Waals surface area contributed by atoms with Gasteiger partial charge < -0.3 is 31.3 Å². The Morgan fingerprint density at radius 2 is 1.05 bits per heavy atom. The van der Waals surface area contributed by atoms with Gasteiger partial charge in [-0.25, -0.2) is 22.6 Å². The van der Waals surface area contributed by atoms with Gasteiger partial charge in [-0.1, -0.05) is 109 Å². The summed E-state index contributed by atoms with van der Waals surface area (Å²) >= 11 is 0. The van der Waals surface area contributed by atoms with E-state index in [0.717, 1.165) is 34.1 Å². The fraction of sp³-hybridized carbons (Fsp3) is 0.321. The molecule has 0 aliphatic carbocycles. The average Bonchev–Trinajstić information content (AvgIpc) is 3.93. The number of aromatic nitrogens is 8. The van der Waals surface area contributed by atoms with Gasteiger partial charge in [-0.3, -0.25) is 10.8 Å². The zero-order valence-corrected chi connectivity index (χ0v) is 57.9. The molecule has 77 heavy (non-hydrogen) atoms. The van der Waals surface area contributed by atoms with E-state index in [4.69, 9.17) is 28.9 Å². The molecule has 0 bridgehead atoms. The minimum atomic E-state index is -4.33. The van der Waals surface area contributed by atoms with Crippen LogP contribution in [0, 0.1) is 85.9 Å². The molecule has 0 aliphatic heterocycles. The van der Waals surface area contributed by atoms with Crippen LogP contribution in [0.5, 0.6) is 0 Å². The van der Waals surface area contributed by atoms with Crippen LogP contribution >= 0.6 is 0 Å². The summed E-state index contributed by atoms with van der Waals surface area (Å²) in [6.45, 7) is 31.8. The van der Waals surface area contributed by atoms with E-state index in [9.17, 15) is 21.4 Å². The normalized spacial score (nSPS) is 9.12. The molecule has 19 nitrogen and oxygen atoms in total. The second-order valence-electron chi connectivity index (χ2n) is 13.9. The Bertz CT molecular complexity index is 3000. The first-order valence-electron chi connectivity index (χ1n) is 23.3. The fourth-order valence-electron chi connectivity index (χ4n) is 5.82. The number of nitrogen functional groups attached to an aromatic ring is 4. The third-order valence-corrected chi connectivity index (χ3v) is 10.6. The van der Waals surface area contributed by atoms with Crippen LogP contribution in [0.15, 0.2) is 107 Å². The SMILES string of the molecule is C#CC.CC.CC.CC.CC.Cc1cc(C)c(S(=O)(=O)ON)c(C)c1.Cc1cc(C)c(S(=O)(=O)[O-])c(C)c1.Cc1nc2c[c-]ccn2n1.Cc1nc2cc(N)ccn2n1.Nc1c[c-]cc[n+]1N.Nc1c[c-]ccn1.[Y].[Y].[Y]. The van der Waals surface area contributed by atoms with Crippen molar-refractivity contribution in [2.45, 2.75) is 127 Å². The Morgan fingerprint density at radius 1 is 0.636 bits per heavy atom. The summed E-state index contributed by atoms with van der Waals surface area (Å²) in [5.74, 6) is 14.8. The van der Waals surface area contributed by atoms with Gasteiger partial charge in [0.2, 0.25) is 0 Å². The van der Waals surface area contributed by atoms with Gasteiger partial charge in [0.15, 0.2) is 11.5 Å². The van der Waals surface area contributed by atoms with Crippen molar-refractivity contribution in [2.24, 2.45) is 5.90 Å². The van der Waals surface area contributed by atoms with Crippen LogP contribution in [-0.2, 0) is 123 Å². The van der Waals surface area contributed by atoms with Crippen LogP contribution in [0.1, 0.15) is 107 Å². The number of benzene rings is 2. The zero-order valence-electron chi connectivity index (χ0n) is 47.8. The molecule has 0 saturated heterocycles. The van der Waals surface area contributed by atoms with E-state index in [1.54, 1.807) is 135 Å². The maximum atomic E-state index is 11.4. The van der Waals surface area contributed by atoms with Crippen molar-refractivity contribution in [1.29, 1.82) is 0 Å². The predicted molar refractivity (Wildman–Crippen MR) is 298 cm³/mol. The van der Waals surface area contributed by atoms with Crippen LogP contribution < -0.4 is 33.6 Å².